The number of nitrogens with one attached hydrogen (secondary N) is 1. The van der Waals surface area contributed by atoms with Gasteiger partial charge in [-0.2, -0.15) is 5.26 Å². The zero-order valence-electron chi connectivity index (χ0n) is 10.6. The van der Waals surface area contributed by atoms with Crippen LogP contribution in [0.25, 0.3) is 0 Å². The Labute approximate surface area is 115 Å². The van der Waals surface area contributed by atoms with Crippen molar-refractivity contribution in [3.8, 4) is 6.07 Å². The average molecular weight is 268 g/mol. The van der Waals surface area contributed by atoms with Crippen LogP contribution >= 0.6 is 0 Å². The van der Waals surface area contributed by atoms with Crippen LogP contribution in [-0.4, -0.2) is 16.5 Å². The Morgan fingerprint density at radius 3 is 2.55 bits per heavy atom. The molecule has 1 aromatic carbocycles. The Hall–Kier alpha value is -2.94. The minimum Gasteiger partial charge on any atom is -0.383 e. The Kier molecular flexibility index (Phi) is 4.24. The molecule has 0 atom stereocenters. The van der Waals surface area contributed by atoms with Gasteiger partial charge in [-0.15, -0.1) is 0 Å². The molecule has 0 aliphatic rings. The summed E-state index contributed by atoms with van der Waals surface area (Å²) in [5.41, 5.74) is 2.33. The molecule has 0 saturated heterocycles. The zero-order valence-corrected chi connectivity index (χ0v) is 10.6. The van der Waals surface area contributed by atoms with Gasteiger partial charge in [0.15, 0.2) is 0 Å². The number of anilines is 1. The molecular weight excluding hydrogens is 256 g/mol. The molecule has 0 aliphatic carbocycles. The van der Waals surface area contributed by atoms with Crippen molar-refractivity contribution in [2.75, 3.05) is 11.9 Å². The van der Waals surface area contributed by atoms with E-state index in [4.69, 9.17) is 5.26 Å². The quantitative estimate of drug-likeness (QED) is 0.664. The number of rotatable bonds is 5. The Balaban J connectivity index is 1.86. The molecule has 0 spiro atoms. The summed E-state index contributed by atoms with van der Waals surface area (Å²) in [7, 11) is 0. The van der Waals surface area contributed by atoms with Gasteiger partial charge in [0, 0.05) is 18.7 Å². The highest BCUT2D eigenvalue weighted by molar-refractivity contribution is 5.43. The minimum absolute atomic E-state index is 0.0954. The summed E-state index contributed by atoms with van der Waals surface area (Å²) in [6.45, 7) is 0.686. The molecule has 0 amide bonds. The van der Waals surface area contributed by atoms with Crippen LogP contribution in [0.1, 0.15) is 11.3 Å². The van der Waals surface area contributed by atoms with E-state index in [-0.39, 0.29) is 5.69 Å². The largest absolute Gasteiger partial charge is 0.383 e. The highest BCUT2D eigenvalue weighted by atomic mass is 16.6. The van der Waals surface area contributed by atoms with Crippen LogP contribution in [0.3, 0.4) is 0 Å². The van der Waals surface area contributed by atoms with Crippen LogP contribution < -0.4 is 5.32 Å². The second-order valence-corrected chi connectivity index (χ2v) is 4.14. The molecule has 6 nitrogen and oxygen atoms in total. The van der Waals surface area contributed by atoms with Gasteiger partial charge in [0.05, 0.1) is 16.8 Å². The van der Waals surface area contributed by atoms with Gasteiger partial charge in [-0.25, -0.2) is 4.98 Å². The first-order valence-electron chi connectivity index (χ1n) is 6.02. The van der Waals surface area contributed by atoms with Gasteiger partial charge < -0.3 is 5.32 Å². The summed E-state index contributed by atoms with van der Waals surface area (Å²) in [6, 6.07) is 11.9. The van der Waals surface area contributed by atoms with Crippen molar-refractivity contribution in [3.63, 3.8) is 0 Å². The number of hydrogen-bond donors (Lipinski definition) is 1. The lowest BCUT2D eigenvalue weighted by Crippen LogP contribution is -2.05. The standard InChI is InChI=1S/C14H12N4O2/c15-9-12-3-4-13(10-17-12)16-8-7-11-1-5-14(6-2-11)18(19)20/h1-6,10,16H,7-8H2. The lowest BCUT2D eigenvalue weighted by molar-refractivity contribution is -0.384. The van der Waals surface area contributed by atoms with Gasteiger partial charge in [0.25, 0.3) is 5.69 Å². The van der Waals surface area contributed by atoms with Crippen molar-refractivity contribution in [1.82, 2.24) is 4.98 Å². The first kappa shape index (κ1) is 13.5. The number of pyridine rings is 1. The lowest BCUT2D eigenvalue weighted by atomic mass is 10.1. The van der Waals surface area contributed by atoms with Crippen molar-refractivity contribution < 1.29 is 4.92 Å². The molecule has 0 aliphatic heterocycles. The second kappa shape index (κ2) is 6.29. The normalized spacial score (nSPS) is 9.75. The molecule has 1 aromatic heterocycles. The molecule has 100 valence electrons. The fourth-order valence-electron chi connectivity index (χ4n) is 1.70. The molecule has 20 heavy (non-hydrogen) atoms. The van der Waals surface area contributed by atoms with Crippen LogP contribution in [0.5, 0.6) is 0 Å². The summed E-state index contributed by atoms with van der Waals surface area (Å²) in [4.78, 5) is 14.1. The maximum atomic E-state index is 10.5. The summed E-state index contributed by atoms with van der Waals surface area (Å²) < 4.78 is 0. The van der Waals surface area contributed by atoms with Gasteiger partial charge in [-0.05, 0) is 24.1 Å². The summed E-state index contributed by atoms with van der Waals surface area (Å²) in [6.07, 6.45) is 2.35. The van der Waals surface area contributed by atoms with E-state index in [0.29, 0.717) is 12.2 Å². The Morgan fingerprint density at radius 1 is 1.25 bits per heavy atom. The number of nitro groups is 1. The summed E-state index contributed by atoms with van der Waals surface area (Å²) in [5, 5.41) is 22.3. The second-order valence-electron chi connectivity index (χ2n) is 4.14. The average Bonchev–Trinajstić information content (AvgIpc) is 2.48. The third kappa shape index (κ3) is 3.53. The molecule has 0 saturated carbocycles. The van der Waals surface area contributed by atoms with E-state index >= 15 is 0 Å². The number of aromatic nitrogens is 1. The summed E-state index contributed by atoms with van der Waals surface area (Å²) >= 11 is 0. The van der Waals surface area contributed by atoms with E-state index in [0.717, 1.165) is 17.7 Å². The first-order valence-corrected chi connectivity index (χ1v) is 6.02. The van der Waals surface area contributed by atoms with E-state index in [9.17, 15) is 10.1 Å². The van der Waals surface area contributed by atoms with E-state index < -0.39 is 4.92 Å². The van der Waals surface area contributed by atoms with Crippen molar-refractivity contribution in [2.24, 2.45) is 0 Å². The first-order chi connectivity index (χ1) is 9.69. The van der Waals surface area contributed by atoms with Crippen molar-refractivity contribution in [2.45, 2.75) is 6.42 Å². The number of nitrogens with zero attached hydrogens (tertiary/aromatic N) is 3. The molecule has 0 unspecified atom stereocenters. The van der Waals surface area contributed by atoms with Crippen molar-refractivity contribution >= 4 is 11.4 Å². The SMILES string of the molecule is N#Cc1ccc(NCCc2ccc([N+](=O)[O-])cc2)cn1. The van der Waals surface area contributed by atoms with Crippen LogP contribution in [0.15, 0.2) is 42.6 Å². The molecule has 1 heterocycles. The highest BCUT2D eigenvalue weighted by Crippen LogP contribution is 2.12. The monoisotopic (exact) mass is 268 g/mol. The van der Waals surface area contributed by atoms with Crippen molar-refractivity contribution in [3.05, 3.63) is 64.0 Å². The predicted octanol–water partition coefficient (Wildman–Crippen LogP) is 2.52. The van der Waals surface area contributed by atoms with Gasteiger partial charge in [0.2, 0.25) is 0 Å². The van der Waals surface area contributed by atoms with E-state index in [1.54, 1.807) is 30.5 Å². The maximum Gasteiger partial charge on any atom is 0.269 e. The molecule has 1 N–H and O–H groups in total. The number of non-ortho nitro benzene ring substituents is 1. The van der Waals surface area contributed by atoms with E-state index in [1.807, 2.05) is 6.07 Å². The van der Waals surface area contributed by atoms with E-state index in [2.05, 4.69) is 10.3 Å². The van der Waals surface area contributed by atoms with Crippen LogP contribution in [0.4, 0.5) is 11.4 Å². The summed E-state index contributed by atoms with van der Waals surface area (Å²) in [5.74, 6) is 0. The van der Waals surface area contributed by atoms with Gasteiger partial charge in [-0.3, -0.25) is 10.1 Å². The minimum atomic E-state index is -0.412. The maximum absolute atomic E-state index is 10.5. The fourth-order valence-corrected chi connectivity index (χ4v) is 1.70. The smallest absolute Gasteiger partial charge is 0.269 e. The molecule has 2 rings (SSSR count). The van der Waals surface area contributed by atoms with Gasteiger partial charge in [-0.1, -0.05) is 12.1 Å². The third-order valence-electron chi connectivity index (χ3n) is 2.77. The number of nitro benzene ring substituents is 1. The van der Waals surface area contributed by atoms with Crippen molar-refractivity contribution in [1.29, 1.82) is 5.26 Å². The van der Waals surface area contributed by atoms with Gasteiger partial charge >= 0.3 is 0 Å². The topological polar surface area (TPSA) is 91.8 Å². The molecule has 0 bridgehead atoms. The zero-order chi connectivity index (χ0) is 14.4. The molecule has 0 fully saturated rings. The van der Waals surface area contributed by atoms with Crippen LogP contribution in [0, 0.1) is 21.4 Å². The third-order valence-corrected chi connectivity index (χ3v) is 2.77. The predicted molar refractivity (Wildman–Crippen MR) is 74.2 cm³/mol. The van der Waals surface area contributed by atoms with Crippen LogP contribution in [0.2, 0.25) is 0 Å². The van der Waals surface area contributed by atoms with Crippen LogP contribution in [-0.2, 0) is 6.42 Å². The molecular formula is C14H12N4O2. The Bertz CT molecular complexity index is 630. The number of hydrogen-bond acceptors (Lipinski definition) is 5. The number of nitriles is 1. The lowest BCUT2D eigenvalue weighted by Gasteiger charge is -2.05. The molecule has 2 aromatic rings. The molecule has 0 radical (unpaired) electrons. The molecule has 6 heteroatoms. The Morgan fingerprint density at radius 2 is 2.00 bits per heavy atom. The fraction of sp³-hybridized carbons (Fsp3) is 0.143. The number of benzene rings is 1. The van der Waals surface area contributed by atoms with Gasteiger partial charge in [0.1, 0.15) is 11.8 Å². The highest BCUT2D eigenvalue weighted by Gasteiger charge is 2.03. The van der Waals surface area contributed by atoms with E-state index in [1.165, 1.54) is 12.1 Å².